The Bertz CT molecular complexity index is 569. The zero-order chi connectivity index (χ0) is 15.7. The summed E-state index contributed by atoms with van der Waals surface area (Å²) in [6.07, 6.45) is 5.43. The molecule has 2 atom stereocenters. The van der Waals surface area contributed by atoms with Crippen molar-refractivity contribution in [2.75, 3.05) is 13.1 Å². The van der Waals surface area contributed by atoms with Crippen molar-refractivity contribution in [3.63, 3.8) is 0 Å². The van der Waals surface area contributed by atoms with Crippen molar-refractivity contribution < 1.29 is 9.90 Å². The van der Waals surface area contributed by atoms with Gasteiger partial charge in [-0.1, -0.05) is 30.2 Å². The van der Waals surface area contributed by atoms with E-state index in [1.165, 1.54) is 11.1 Å². The number of aryl methyl sites for hydroxylation is 2. The van der Waals surface area contributed by atoms with E-state index in [2.05, 4.69) is 32.0 Å². The zero-order valence-electron chi connectivity index (χ0n) is 13.8. The van der Waals surface area contributed by atoms with E-state index in [9.17, 15) is 9.90 Å². The Balaban J connectivity index is 1.71. The molecule has 1 N–H and O–H groups in total. The summed E-state index contributed by atoms with van der Waals surface area (Å²) >= 11 is 0. The summed E-state index contributed by atoms with van der Waals surface area (Å²) < 4.78 is 0. The first kappa shape index (κ1) is 15.5. The van der Waals surface area contributed by atoms with Gasteiger partial charge in [0.1, 0.15) is 0 Å². The minimum absolute atomic E-state index is 0.0183. The maximum Gasteiger partial charge on any atom is 0.227 e. The van der Waals surface area contributed by atoms with Crippen molar-refractivity contribution in [1.82, 2.24) is 4.90 Å². The van der Waals surface area contributed by atoms with Gasteiger partial charge in [-0.05, 0) is 50.7 Å². The Morgan fingerprint density at radius 3 is 2.82 bits per heavy atom. The quantitative estimate of drug-likeness (QED) is 0.912. The zero-order valence-corrected chi connectivity index (χ0v) is 13.8. The molecule has 22 heavy (non-hydrogen) atoms. The van der Waals surface area contributed by atoms with Gasteiger partial charge in [0.25, 0.3) is 0 Å². The highest BCUT2D eigenvalue weighted by atomic mass is 16.3. The molecule has 1 saturated heterocycles. The second-order valence-corrected chi connectivity index (χ2v) is 7.30. The molecule has 1 aromatic carbocycles. The minimum Gasteiger partial charge on any atom is -0.392 e. The van der Waals surface area contributed by atoms with Crippen LogP contribution in [0.4, 0.5) is 0 Å². The third-order valence-corrected chi connectivity index (χ3v) is 5.67. The molecule has 1 saturated carbocycles. The molecule has 1 aliphatic heterocycles. The van der Waals surface area contributed by atoms with Gasteiger partial charge in [-0.15, -0.1) is 0 Å². The van der Waals surface area contributed by atoms with E-state index in [-0.39, 0.29) is 17.4 Å². The summed E-state index contributed by atoms with van der Waals surface area (Å²) in [5.41, 5.74) is 3.51. The molecule has 3 rings (SSSR count). The van der Waals surface area contributed by atoms with Crippen LogP contribution in [-0.2, 0) is 11.2 Å². The number of hydrogen-bond donors (Lipinski definition) is 1. The maximum atomic E-state index is 12.7. The summed E-state index contributed by atoms with van der Waals surface area (Å²) in [5.74, 6) is 0.215. The molecule has 120 valence electrons. The van der Waals surface area contributed by atoms with Crippen LogP contribution in [0.5, 0.6) is 0 Å². The number of carbonyl (C=O) groups excluding carboxylic acids is 1. The number of piperidine rings is 1. The number of hydrogen-bond acceptors (Lipinski definition) is 2. The van der Waals surface area contributed by atoms with Gasteiger partial charge in [0.05, 0.1) is 12.5 Å². The average molecular weight is 301 g/mol. The number of benzene rings is 1. The van der Waals surface area contributed by atoms with Crippen LogP contribution >= 0.6 is 0 Å². The van der Waals surface area contributed by atoms with Crippen LogP contribution in [0.15, 0.2) is 18.2 Å². The van der Waals surface area contributed by atoms with E-state index in [1.807, 2.05) is 4.90 Å². The Morgan fingerprint density at radius 2 is 2.09 bits per heavy atom. The Morgan fingerprint density at radius 1 is 1.32 bits per heavy atom. The van der Waals surface area contributed by atoms with E-state index < -0.39 is 0 Å². The van der Waals surface area contributed by atoms with Crippen molar-refractivity contribution >= 4 is 5.91 Å². The first-order valence-corrected chi connectivity index (χ1v) is 8.52. The van der Waals surface area contributed by atoms with Gasteiger partial charge in [-0.25, -0.2) is 0 Å². The molecule has 1 spiro atoms. The number of likely N-dealkylation sites (tertiary alicyclic amines) is 1. The normalized spacial score (nSPS) is 28.3. The van der Waals surface area contributed by atoms with E-state index in [0.29, 0.717) is 6.42 Å². The van der Waals surface area contributed by atoms with Crippen LogP contribution in [0.1, 0.15) is 48.8 Å². The first-order chi connectivity index (χ1) is 10.5. The standard InChI is InChI=1S/C19H27NO2/c1-14-6-7-15(2)16(11-14)12-18(22)20-10-4-9-19(13-20)8-3-5-17(19)21/h6-7,11,17,21H,3-5,8-10,12-13H2,1-2H3/t17-,19+/m1/s1. The minimum atomic E-state index is -0.219. The fraction of sp³-hybridized carbons (Fsp3) is 0.632. The molecule has 1 heterocycles. The molecule has 0 unspecified atom stereocenters. The van der Waals surface area contributed by atoms with Gasteiger partial charge in [-0.2, -0.15) is 0 Å². The fourth-order valence-corrected chi connectivity index (χ4v) is 4.23. The van der Waals surface area contributed by atoms with Gasteiger partial charge < -0.3 is 10.0 Å². The van der Waals surface area contributed by atoms with Crippen LogP contribution in [0.25, 0.3) is 0 Å². The van der Waals surface area contributed by atoms with Gasteiger partial charge in [-0.3, -0.25) is 4.79 Å². The molecule has 0 aromatic heterocycles. The summed E-state index contributed by atoms with van der Waals surface area (Å²) in [7, 11) is 0. The van der Waals surface area contributed by atoms with Crippen molar-refractivity contribution in [2.24, 2.45) is 5.41 Å². The molecule has 1 aromatic rings. The van der Waals surface area contributed by atoms with Crippen molar-refractivity contribution in [2.45, 2.75) is 58.5 Å². The number of aliphatic hydroxyl groups excluding tert-OH is 1. The van der Waals surface area contributed by atoms with Gasteiger partial charge in [0.2, 0.25) is 5.91 Å². The lowest BCUT2D eigenvalue weighted by Gasteiger charge is -2.42. The highest BCUT2D eigenvalue weighted by molar-refractivity contribution is 5.79. The second-order valence-electron chi connectivity index (χ2n) is 7.30. The molecule has 1 aliphatic carbocycles. The molecule has 2 aliphatic rings. The predicted octanol–water partition coefficient (Wildman–Crippen LogP) is 3.00. The third kappa shape index (κ3) is 2.91. The van der Waals surface area contributed by atoms with Crippen LogP contribution in [0.2, 0.25) is 0 Å². The highest BCUT2D eigenvalue weighted by Gasteiger charge is 2.45. The first-order valence-electron chi connectivity index (χ1n) is 8.52. The summed E-state index contributed by atoms with van der Waals surface area (Å²) in [6.45, 7) is 5.73. The monoisotopic (exact) mass is 301 g/mol. The summed E-state index contributed by atoms with van der Waals surface area (Å²) in [5, 5.41) is 10.3. The predicted molar refractivity (Wildman–Crippen MR) is 87.7 cm³/mol. The fourth-order valence-electron chi connectivity index (χ4n) is 4.23. The van der Waals surface area contributed by atoms with Crippen molar-refractivity contribution in [1.29, 1.82) is 0 Å². The summed E-state index contributed by atoms with van der Waals surface area (Å²) in [6, 6.07) is 6.31. The van der Waals surface area contributed by atoms with E-state index >= 15 is 0 Å². The summed E-state index contributed by atoms with van der Waals surface area (Å²) in [4.78, 5) is 14.7. The smallest absolute Gasteiger partial charge is 0.227 e. The van der Waals surface area contributed by atoms with Crippen LogP contribution in [-0.4, -0.2) is 35.1 Å². The molecular formula is C19H27NO2. The van der Waals surface area contributed by atoms with Crippen molar-refractivity contribution in [3.8, 4) is 0 Å². The maximum absolute atomic E-state index is 12.7. The molecule has 0 bridgehead atoms. The topological polar surface area (TPSA) is 40.5 Å². The van der Waals surface area contributed by atoms with Crippen molar-refractivity contribution in [3.05, 3.63) is 34.9 Å². The highest BCUT2D eigenvalue weighted by Crippen LogP contribution is 2.45. The lowest BCUT2D eigenvalue weighted by atomic mass is 9.76. The molecule has 3 nitrogen and oxygen atoms in total. The van der Waals surface area contributed by atoms with Crippen LogP contribution in [0.3, 0.4) is 0 Å². The van der Waals surface area contributed by atoms with Crippen LogP contribution < -0.4 is 0 Å². The van der Waals surface area contributed by atoms with Gasteiger partial charge in [0.15, 0.2) is 0 Å². The number of rotatable bonds is 2. The number of aliphatic hydroxyl groups is 1. The van der Waals surface area contributed by atoms with Gasteiger partial charge >= 0.3 is 0 Å². The molecule has 2 fully saturated rings. The van der Waals surface area contributed by atoms with Gasteiger partial charge in [0, 0.05) is 18.5 Å². The molecular weight excluding hydrogens is 274 g/mol. The van der Waals surface area contributed by atoms with E-state index in [0.717, 1.165) is 50.8 Å². The number of carbonyl (C=O) groups is 1. The Kier molecular flexibility index (Phi) is 4.26. The number of nitrogens with zero attached hydrogens (tertiary/aromatic N) is 1. The van der Waals surface area contributed by atoms with Crippen LogP contribution in [0, 0.1) is 19.3 Å². The SMILES string of the molecule is Cc1ccc(C)c(CC(=O)N2CCC[C@@]3(CCC[C@H]3O)C2)c1. The lowest BCUT2D eigenvalue weighted by Crippen LogP contribution is -2.49. The second kappa shape index (κ2) is 6.04. The van der Waals surface area contributed by atoms with E-state index in [1.54, 1.807) is 0 Å². The average Bonchev–Trinajstić information content (AvgIpc) is 2.83. The Hall–Kier alpha value is -1.35. The molecule has 0 radical (unpaired) electrons. The third-order valence-electron chi connectivity index (χ3n) is 5.67. The molecule has 1 amide bonds. The van der Waals surface area contributed by atoms with E-state index in [4.69, 9.17) is 0 Å². The Labute approximate surface area is 133 Å². The lowest BCUT2D eigenvalue weighted by molar-refractivity contribution is -0.135. The number of amides is 1. The largest absolute Gasteiger partial charge is 0.392 e. The molecule has 3 heteroatoms.